The van der Waals surface area contributed by atoms with Gasteiger partial charge in [0.25, 0.3) is 5.69 Å². The number of hydrogen-bond donors (Lipinski definition) is 2. The van der Waals surface area contributed by atoms with E-state index in [1.165, 1.54) is 12.8 Å². The number of non-ortho nitro benzene ring substituents is 1. The zero-order valence-corrected chi connectivity index (χ0v) is 12.2. The Morgan fingerprint density at radius 3 is 2.45 bits per heavy atom. The fourth-order valence-corrected chi connectivity index (χ4v) is 2.75. The number of hydrogen-bond acceptors (Lipinski definition) is 4. The maximum absolute atomic E-state index is 11.0. The lowest BCUT2D eigenvalue weighted by Gasteiger charge is -2.27. The summed E-state index contributed by atoms with van der Waals surface area (Å²) in [7, 11) is 0. The Labute approximate surface area is 119 Å². The summed E-state index contributed by atoms with van der Waals surface area (Å²) < 4.78 is 0. The Bertz CT molecular complexity index is 468. The van der Waals surface area contributed by atoms with Crippen molar-refractivity contribution in [2.24, 2.45) is 5.92 Å². The van der Waals surface area contributed by atoms with Crippen molar-refractivity contribution in [2.75, 3.05) is 17.2 Å². The first-order valence-corrected chi connectivity index (χ1v) is 7.38. The highest BCUT2D eigenvalue weighted by atomic mass is 16.6. The third-order valence-corrected chi connectivity index (χ3v) is 3.90. The van der Waals surface area contributed by atoms with Gasteiger partial charge in [-0.05, 0) is 44.6 Å². The summed E-state index contributed by atoms with van der Waals surface area (Å²) in [5.41, 5.74) is 1.78. The molecule has 20 heavy (non-hydrogen) atoms. The van der Waals surface area contributed by atoms with Crippen LogP contribution in [-0.4, -0.2) is 17.5 Å². The second-order valence-corrected chi connectivity index (χ2v) is 5.66. The third-order valence-electron chi connectivity index (χ3n) is 3.90. The van der Waals surface area contributed by atoms with Crippen molar-refractivity contribution in [3.8, 4) is 0 Å². The molecule has 1 aromatic carbocycles. The molecule has 1 aliphatic carbocycles. The van der Waals surface area contributed by atoms with Gasteiger partial charge >= 0.3 is 0 Å². The molecule has 0 unspecified atom stereocenters. The lowest BCUT2D eigenvalue weighted by atomic mass is 9.87. The van der Waals surface area contributed by atoms with Crippen LogP contribution in [0.4, 0.5) is 17.1 Å². The quantitative estimate of drug-likeness (QED) is 0.630. The number of nitrogens with one attached hydrogen (secondary N) is 2. The van der Waals surface area contributed by atoms with E-state index in [4.69, 9.17) is 0 Å². The predicted octanol–water partition coefficient (Wildman–Crippen LogP) is 4.02. The highest BCUT2D eigenvalue weighted by Gasteiger charge is 2.19. The Kier molecular flexibility index (Phi) is 4.82. The van der Waals surface area contributed by atoms with Gasteiger partial charge in [0.2, 0.25) is 0 Å². The molecule has 110 valence electrons. The van der Waals surface area contributed by atoms with E-state index in [-0.39, 0.29) is 10.6 Å². The molecule has 0 amide bonds. The van der Waals surface area contributed by atoms with Gasteiger partial charge in [-0.3, -0.25) is 10.1 Å². The molecular weight excluding hydrogens is 254 g/mol. The summed E-state index contributed by atoms with van der Waals surface area (Å²) >= 11 is 0. The number of nitro benzene ring substituents is 1. The lowest BCUT2D eigenvalue weighted by molar-refractivity contribution is -0.384. The van der Waals surface area contributed by atoms with Crippen molar-refractivity contribution in [1.82, 2.24) is 0 Å². The molecule has 1 aliphatic rings. The van der Waals surface area contributed by atoms with Gasteiger partial charge in [0.15, 0.2) is 0 Å². The summed E-state index contributed by atoms with van der Waals surface area (Å²) in [6.07, 6.45) is 4.74. The summed E-state index contributed by atoms with van der Waals surface area (Å²) in [6, 6.07) is 5.59. The molecule has 0 aliphatic heterocycles. The third kappa shape index (κ3) is 3.85. The second kappa shape index (κ2) is 6.59. The number of nitro groups is 1. The van der Waals surface area contributed by atoms with Gasteiger partial charge in [0.1, 0.15) is 0 Å². The van der Waals surface area contributed by atoms with Gasteiger partial charge in [-0.1, -0.05) is 6.92 Å². The smallest absolute Gasteiger partial charge is 0.273 e. The molecule has 2 rings (SSSR count). The van der Waals surface area contributed by atoms with Crippen LogP contribution in [-0.2, 0) is 0 Å². The molecule has 5 nitrogen and oxygen atoms in total. The van der Waals surface area contributed by atoms with Gasteiger partial charge in [-0.15, -0.1) is 0 Å². The Hall–Kier alpha value is -1.78. The largest absolute Gasteiger partial charge is 0.385 e. The minimum atomic E-state index is -0.338. The Morgan fingerprint density at radius 1 is 1.20 bits per heavy atom. The maximum atomic E-state index is 11.0. The Balaban J connectivity index is 2.11. The van der Waals surface area contributed by atoms with E-state index in [1.807, 2.05) is 13.0 Å². The molecule has 2 N–H and O–H groups in total. The molecule has 0 bridgehead atoms. The van der Waals surface area contributed by atoms with E-state index in [1.54, 1.807) is 12.1 Å². The van der Waals surface area contributed by atoms with Crippen LogP contribution < -0.4 is 10.6 Å². The Morgan fingerprint density at radius 2 is 1.85 bits per heavy atom. The average Bonchev–Trinajstić information content (AvgIpc) is 2.41. The first-order valence-electron chi connectivity index (χ1n) is 7.38. The number of rotatable bonds is 5. The van der Waals surface area contributed by atoms with Crippen LogP contribution in [0.3, 0.4) is 0 Å². The highest BCUT2D eigenvalue weighted by molar-refractivity contribution is 5.63. The van der Waals surface area contributed by atoms with Gasteiger partial charge < -0.3 is 10.6 Å². The van der Waals surface area contributed by atoms with Crippen molar-refractivity contribution in [3.05, 3.63) is 28.3 Å². The van der Waals surface area contributed by atoms with Crippen LogP contribution in [0.25, 0.3) is 0 Å². The fourth-order valence-electron chi connectivity index (χ4n) is 2.75. The predicted molar refractivity (Wildman–Crippen MR) is 82.3 cm³/mol. The van der Waals surface area contributed by atoms with Crippen molar-refractivity contribution in [2.45, 2.75) is 45.6 Å². The first-order chi connectivity index (χ1) is 9.58. The van der Waals surface area contributed by atoms with E-state index in [0.717, 1.165) is 36.7 Å². The molecular formula is C15H23N3O2. The van der Waals surface area contributed by atoms with Crippen molar-refractivity contribution >= 4 is 17.1 Å². The SMILES string of the molecule is CCNc1cc(NC2CCC(C)CC2)cc([N+](=O)[O-])c1. The zero-order chi connectivity index (χ0) is 14.5. The lowest BCUT2D eigenvalue weighted by Crippen LogP contribution is -2.25. The van der Waals surface area contributed by atoms with E-state index < -0.39 is 0 Å². The topological polar surface area (TPSA) is 67.2 Å². The van der Waals surface area contributed by atoms with Crippen molar-refractivity contribution in [3.63, 3.8) is 0 Å². The average molecular weight is 277 g/mol. The van der Waals surface area contributed by atoms with Crippen LogP contribution in [0, 0.1) is 16.0 Å². The molecule has 1 aromatic rings. The van der Waals surface area contributed by atoms with Crippen molar-refractivity contribution < 1.29 is 4.92 Å². The van der Waals surface area contributed by atoms with Gasteiger partial charge in [0.05, 0.1) is 4.92 Å². The van der Waals surface area contributed by atoms with Crippen LogP contribution in [0.5, 0.6) is 0 Å². The summed E-state index contributed by atoms with van der Waals surface area (Å²) in [6.45, 7) is 5.02. The minimum absolute atomic E-state index is 0.134. The molecule has 0 heterocycles. The van der Waals surface area contributed by atoms with Crippen molar-refractivity contribution in [1.29, 1.82) is 0 Å². The summed E-state index contributed by atoms with van der Waals surface area (Å²) in [4.78, 5) is 10.7. The maximum Gasteiger partial charge on any atom is 0.273 e. The zero-order valence-electron chi connectivity index (χ0n) is 12.2. The van der Waals surface area contributed by atoms with E-state index in [0.29, 0.717) is 6.04 Å². The number of benzene rings is 1. The molecule has 0 radical (unpaired) electrons. The molecule has 0 atom stereocenters. The van der Waals surface area contributed by atoms with Crippen LogP contribution >= 0.6 is 0 Å². The second-order valence-electron chi connectivity index (χ2n) is 5.66. The van der Waals surface area contributed by atoms with Crippen LogP contribution in [0.2, 0.25) is 0 Å². The number of anilines is 2. The summed E-state index contributed by atoms with van der Waals surface area (Å²) in [5.74, 6) is 0.801. The molecule has 0 saturated heterocycles. The highest BCUT2D eigenvalue weighted by Crippen LogP contribution is 2.29. The minimum Gasteiger partial charge on any atom is -0.385 e. The standard InChI is InChI=1S/C15H23N3O2/c1-3-16-13-8-14(10-15(9-13)18(19)20)17-12-6-4-11(2)5-7-12/h8-12,16-17H,3-7H2,1-2H3. The molecule has 5 heteroatoms. The van der Waals surface area contributed by atoms with Gasteiger partial charge in [-0.2, -0.15) is 0 Å². The van der Waals surface area contributed by atoms with E-state index in [2.05, 4.69) is 17.6 Å². The molecule has 0 aromatic heterocycles. The van der Waals surface area contributed by atoms with Crippen LogP contribution in [0.1, 0.15) is 39.5 Å². The monoisotopic (exact) mass is 277 g/mol. The molecule has 1 fully saturated rings. The van der Waals surface area contributed by atoms with Gasteiger partial charge in [-0.25, -0.2) is 0 Å². The molecule has 1 saturated carbocycles. The van der Waals surface area contributed by atoms with E-state index >= 15 is 0 Å². The fraction of sp³-hybridized carbons (Fsp3) is 0.600. The number of nitrogens with zero attached hydrogens (tertiary/aromatic N) is 1. The first kappa shape index (κ1) is 14.6. The van der Waals surface area contributed by atoms with Gasteiger partial charge in [0, 0.05) is 36.1 Å². The molecule has 0 spiro atoms. The summed E-state index contributed by atoms with van der Waals surface area (Å²) in [5, 5.41) is 17.6. The normalized spacial score (nSPS) is 22.3. The van der Waals surface area contributed by atoms with E-state index in [9.17, 15) is 10.1 Å². The van der Waals surface area contributed by atoms with Crippen LogP contribution in [0.15, 0.2) is 18.2 Å².